The van der Waals surface area contributed by atoms with Crippen molar-refractivity contribution in [2.24, 2.45) is 5.41 Å². The lowest BCUT2D eigenvalue weighted by Gasteiger charge is -2.37. The summed E-state index contributed by atoms with van der Waals surface area (Å²) in [5, 5.41) is 3.02. The van der Waals surface area contributed by atoms with Gasteiger partial charge in [0.15, 0.2) is 5.13 Å². The molecule has 0 unspecified atom stereocenters. The summed E-state index contributed by atoms with van der Waals surface area (Å²) < 4.78 is 5.16. The van der Waals surface area contributed by atoms with E-state index in [4.69, 9.17) is 9.72 Å². The quantitative estimate of drug-likeness (QED) is 0.797. The van der Waals surface area contributed by atoms with Gasteiger partial charge in [0, 0.05) is 18.5 Å². The van der Waals surface area contributed by atoms with Crippen molar-refractivity contribution < 1.29 is 9.53 Å². The van der Waals surface area contributed by atoms with Crippen LogP contribution < -0.4 is 4.90 Å². The summed E-state index contributed by atoms with van der Waals surface area (Å²) in [6.07, 6.45) is 2.46. The molecule has 1 fully saturated rings. The molecule has 2 heterocycles. The van der Waals surface area contributed by atoms with E-state index in [-0.39, 0.29) is 5.97 Å². The number of anilines is 1. The van der Waals surface area contributed by atoms with E-state index in [1.165, 1.54) is 12.8 Å². The van der Waals surface area contributed by atoms with Crippen LogP contribution in [-0.2, 0) is 14.9 Å². The van der Waals surface area contributed by atoms with Crippen LogP contribution in [0.2, 0.25) is 0 Å². The van der Waals surface area contributed by atoms with Gasteiger partial charge in [-0.15, -0.1) is 11.3 Å². The molecule has 21 heavy (non-hydrogen) atoms. The minimum Gasteiger partial charge on any atom is -0.465 e. The highest BCUT2D eigenvalue weighted by atomic mass is 32.1. The number of esters is 1. The fraction of sp³-hybridized carbons (Fsp3) is 0.750. The van der Waals surface area contributed by atoms with Crippen LogP contribution in [0, 0.1) is 5.41 Å². The second-order valence-electron chi connectivity index (χ2n) is 7.05. The molecule has 0 atom stereocenters. The number of carbonyl (C=O) groups is 1. The zero-order valence-electron chi connectivity index (χ0n) is 13.7. The molecule has 1 aromatic heterocycles. The third kappa shape index (κ3) is 3.57. The van der Waals surface area contributed by atoms with E-state index in [2.05, 4.69) is 18.7 Å². The predicted molar refractivity (Wildman–Crippen MR) is 87.0 cm³/mol. The summed E-state index contributed by atoms with van der Waals surface area (Å²) >= 11 is 1.63. The number of hydrogen-bond acceptors (Lipinski definition) is 5. The molecule has 0 spiro atoms. The third-order valence-electron chi connectivity index (χ3n) is 4.09. The zero-order chi connectivity index (χ0) is 15.7. The minimum atomic E-state index is -0.684. The molecule has 5 heteroatoms. The van der Waals surface area contributed by atoms with Crippen molar-refractivity contribution in [1.29, 1.82) is 0 Å². The summed E-state index contributed by atoms with van der Waals surface area (Å²) in [7, 11) is 0. The van der Waals surface area contributed by atoms with Crippen molar-refractivity contribution in [2.45, 2.75) is 52.9 Å². The molecule has 1 saturated heterocycles. The van der Waals surface area contributed by atoms with Crippen LogP contribution in [0.4, 0.5) is 5.13 Å². The lowest BCUT2D eigenvalue weighted by molar-refractivity contribution is -0.148. The van der Waals surface area contributed by atoms with Gasteiger partial charge < -0.3 is 9.64 Å². The average molecular weight is 310 g/mol. The first-order valence-electron chi connectivity index (χ1n) is 7.64. The second kappa shape index (κ2) is 5.95. The Hall–Kier alpha value is -1.10. The van der Waals surface area contributed by atoms with Crippen molar-refractivity contribution in [3.05, 3.63) is 11.1 Å². The van der Waals surface area contributed by atoms with E-state index >= 15 is 0 Å². The fourth-order valence-electron chi connectivity index (χ4n) is 2.70. The summed E-state index contributed by atoms with van der Waals surface area (Å²) in [6.45, 7) is 12.7. The third-order valence-corrected chi connectivity index (χ3v) is 4.99. The Morgan fingerprint density at radius 3 is 2.86 bits per heavy atom. The van der Waals surface area contributed by atoms with E-state index < -0.39 is 5.41 Å². The number of thiazole rings is 1. The van der Waals surface area contributed by atoms with Crippen LogP contribution in [0.15, 0.2) is 5.38 Å². The molecule has 4 nitrogen and oxygen atoms in total. The highest BCUT2D eigenvalue weighted by molar-refractivity contribution is 7.13. The number of ether oxygens (including phenoxy) is 1. The molecule has 0 aromatic carbocycles. The molecular formula is C16H26N2O2S. The maximum atomic E-state index is 12.1. The standard InChI is InChI=1S/C16H26N2O2S/c1-6-20-13(19)16(4,5)12-10-21-14(17-12)18-9-7-8-15(2,3)11-18/h10H,6-9,11H2,1-5H3. The van der Waals surface area contributed by atoms with Crippen molar-refractivity contribution in [3.8, 4) is 0 Å². The van der Waals surface area contributed by atoms with Crippen LogP contribution in [0.25, 0.3) is 0 Å². The predicted octanol–water partition coefficient (Wildman–Crippen LogP) is 3.61. The first-order chi connectivity index (χ1) is 9.76. The molecule has 118 valence electrons. The summed E-state index contributed by atoms with van der Waals surface area (Å²) in [6, 6.07) is 0. The van der Waals surface area contributed by atoms with Crippen molar-refractivity contribution >= 4 is 22.4 Å². The van der Waals surface area contributed by atoms with Gasteiger partial charge in [0.2, 0.25) is 0 Å². The lowest BCUT2D eigenvalue weighted by Crippen LogP contribution is -2.40. The molecule has 0 aliphatic carbocycles. The van der Waals surface area contributed by atoms with Gasteiger partial charge in [-0.3, -0.25) is 4.79 Å². The van der Waals surface area contributed by atoms with Crippen molar-refractivity contribution in [3.63, 3.8) is 0 Å². The normalized spacial score (nSPS) is 18.6. The monoisotopic (exact) mass is 310 g/mol. The largest absolute Gasteiger partial charge is 0.465 e. The molecule has 0 saturated carbocycles. The van der Waals surface area contributed by atoms with E-state index in [0.717, 1.165) is 23.9 Å². The summed E-state index contributed by atoms with van der Waals surface area (Å²) in [4.78, 5) is 19.1. The summed E-state index contributed by atoms with van der Waals surface area (Å²) in [5.74, 6) is -0.208. The van der Waals surface area contributed by atoms with Gasteiger partial charge >= 0.3 is 5.97 Å². The molecule has 0 bridgehead atoms. The Morgan fingerprint density at radius 1 is 1.52 bits per heavy atom. The van der Waals surface area contributed by atoms with Gasteiger partial charge in [0.05, 0.1) is 12.3 Å². The molecule has 1 aliphatic heterocycles. The second-order valence-corrected chi connectivity index (χ2v) is 7.89. The van der Waals surface area contributed by atoms with Crippen LogP contribution in [-0.4, -0.2) is 30.6 Å². The number of nitrogens with zero attached hydrogens (tertiary/aromatic N) is 2. The van der Waals surface area contributed by atoms with Gasteiger partial charge in [-0.1, -0.05) is 13.8 Å². The average Bonchev–Trinajstić information content (AvgIpc) is 2.88. The first-order valence-corrected chi connectivity index (χ1v) is 8.52. The molecule has 0 amide bonds. The Balaban J connectivity index is 2.16. The zero-order valence-corrected chi connectivity index (χ0v) is 14.5. The molecule has 1 aliphatic rings. The Bertz CT molecular complexity index is 508. The molecule has 1 aromatic rings. The summed E-state index contributed by atoms with van der Waals surface area (Å²) in [5.41, 5.74) is 0.459. The Morgan fingerprint density at radius 2 is 2.24 bits per heavy atom. The number of hydrogen-bond donors (Lipinski definition) is 0. The number of piperidine rings is 1. The Labute approximate surface area is 131 Å². The van der Waals surface area contributed by atoms with E-state index in [1.54, 1.807) is 11.3 Å². The van der Waals surface area contributed by atoms with E-state index in [0.29, 0.717) is 12.0 Å². The van der Waals surface area contributed by atoms with E-state index in [9.17, 15) is 4.79 Å². The number of carbonyl (C=O) groups excluding carboxylic acids is 1. The molecule has 2 rings (SSSR count). The van der Waals surface area contributed by atoms with Crippen LogP contribution in [0.1, 0.15) is 53.2 Å². The smallest absolute Gasteiger partial charge is 0.317 e. The van der Waals surface area contributed by atoms with Gasteiger partial charge in [0.25, 0.3) is 0 Å². The van der Waals surface area contributed by atoms with Crippen molar-refractivity contribution in [2.75, 3.05) is 24.6 Å². The molecule has 0 radical (unpaired) electrons. The van der Waals surface area contributed by atoms with Gasteiger partial charge in [-0.25, -0.2) is 4.98 Å². The number of rotatable bonds is 4. The first kappa shape index (κ1) is 16.3. The number of aromatic nitrogens is 1. The maximum Gasteiger partial charge on any atom is 0.317 e. The van der Waals surface area contributed by atoms with Gasteiger partial charge in [-0.05, 0) is 39.0 Å². The van der Waals surface area contributed by atoms with Gasteiger partial charge in [-0.2, -0.15) is 0 Å². The topological polar surface area (TPSA) is 42.4 Å². The van der Waals surface area contributed by atoms with E-state index in [1.807, 2.05) is 26.2 Å². The minimum absolute atomic E-state index is 0.208. The lowest BCUT2D eigenvalue weighted by atomic mass is 9.84. The Kier molecular flexibility index (Phi) is 4.61. The van der Waals surface area contributed by atoms with Crippen LogP contribution in [0.5, 0.6) is 0 Å². The van der Waals surface area contributed by atoms with Crippen LogP contribution in [0.3, 0.4) is 0 Å². The molecular weight excluding hydrogens is 284 g/mol. The van der Waals surface area contributed by atoms with Crippen molar-refractivity contribution in [1.82, 2.24) is 4.98 Å². The van der Waals surface area contributed by atoms with Crippen LogP contribution >= 0.6 is 11.3 Å². The van der Waals surface area contributed by atoms with Gasteiger partial charge in [0.1, 0.15) is 5.41 Å². The highest BCUT2D eigenvalue weighted by Gasteiger charge is 2.35. The SMILES string of the molecule is CCOC(=O)C(C)(C)c1csc(N2CCCC(C)(C)C2)n1. The highest BCUT2D eigenvalue weighted by Crippen LogP contribution is 2.35. The fourth-order valence-corrected chi connectivity index (χ4v) is 3.72. The maximum absolute atomic E-state index is 12.1. The molecule has 0 N–H and O–H groups in total.